The zero-order chi connectivity index (χ0) is 18.9. The number of hydrogen-bond acceptors (Lipinski definition) is 5. The Balaban J connectivity index is 1.34. The van der Waals surface area contributed by atoms with Crippen molar-refractivity contribution in [3.8, 4) is 5.75 Å². The van der Waals surface area contributed by atoms with Crippen LogP contribution < -0.4 is 4.74 Å². The lowest BCUT2D eigenvalue weighted by Gasteiger charge is -2.30. The van der Waals surface area contributed by atoms with Crippen LogP contribution in [0, 0.1) is 0 Å². The minimum atomic E-state index is -0.0652. The molecule has 0 saturated carbocycles. The number of nitrogens with one attached hydrogen (secondary N) is 1. The molecule has 144 valence electrons. The van der Waals surface area contributed by atoms with Crippen molar-refractivity contribution in [2.75, 3.05) is 19.6 Å². The monoisotopic (exact) mass is 394 g/mol. The maximum absolute atomic E-state index is 13.0. The molecule has 5 rings (SSSR count). The number of aromatic nitrogens is 2. The van der Waals surface area contributed by atoms with Gasteiger partial charge in [-0.3, -0.25) is 14.8 Å². The molecule has 0 bridgehead atoms. The van der Waals surface area contributed by atoms with Crippen molar-refractivity contribution < 1.29 is 9.53 Å². The highest BCUT2D eigenvalue weighted by Crippen LogP contribution is 2.32. The largest absolute Gasteiger partial charge is 0.484 e. The number of ether oxygens (including phenoxy) is 1. The first-order valence-electron chi connectivity index (χ1n) is 9.54. The summed E-state index contributed by atoms with van der Waals surface area (Å²) in [6.45, 7) is 3.18. The van der Waals surface area contributed by atoms with Crippen LogP contribution in [-0.2, 0) is 24.3 Å². The zero-order valence-electron chi connectivity index (χ0n) is 15.5. The molecule has 0 saturated heterocycles. The highest BCUT2D eigenvalue weighted by Gasteiger charge is 2.28. The summed E-state index contributed by atoms with van der Waals surface area (Å²) in [5.74, 6) is 1.07. The van der Waals surface area contributed by atoms with Crippen molar-refractivity contribution in [3.63, 3.8) is 0 Å². The molecule has 6 nitrogen and oxygen atoms in total. The zero-order valence-corrected chi connectivity index (χ0v) is 16.3. The second kappa shape index (κ2) is 7.41. The molecule has 1 aromatic carbocycles. The molecule has 0 radical (unpaired) electrons. The van der Waals surface area contributed by atoms with Crippen LogP contribution in [0.1, 0.15) is 28.5 Å². The average molecular weight is 395 g/mol. The summed E-state index contributed by atoms with van der Waals surface area (Å²) in [5, 5.41) is 11.3. The first-order chi connectivity index (χ1) is 13.8. The highest BCUT2D eigenvalue weighted by atomic mass is 32.1. The third-order valence-electron chi connectivity index (χ3n) is 5.49. The van der Waals surface area contributed by atoms with Gasteiger partial charge in [0.2, 0.25) is 5.91 Å². The second-order valence-corrected chi connectivity index (χ2v) is 8.16. The number of aromatic amines is 1. The summed E-state index contributed by atoms with van der Waals surface area (Å²) >= 11 is 1.67. The minimum absolute atomic E-state index is 0.0652. The summed E-state index contributed by atoms with van der Waals surface area (Å²) in [6, 6.07) is 10.2. The average Bonchev–Trinajstić information content (AvgIpc) is 3.36. The first kappa shape index (κ1) is 17.5. The predicted octanol–water partition coefficient (Wildman–Crippen LogP) is 2.99. The number of thiophene rings is 1. The van der Waals surface area contributed by atoms with E-state index >= 15 is 0 Å². The van der Waals surface area contributed by atoms with Crippen LogP contribution in [0.5, 0.6) is 5.75 Å². The molecule has 1 N–H and O–H groups in total. The SMILES string of the molecule is O=C(CN1Cc2ccccc2OC(c2ccsc2)C1)N1CCc2[nH]ncc2C1. The van der Waals surface area contributed by atoms with Gasteiger partial charge in [0.05, 0.1) is 12.7 Å². The molecular weight excluding hydrogens is 372 g/mol. The molecular formula is C21H22N4O2S. The van der Waals surface area contributed by atoms with Crippen LogP contribution in [-0.4, -0.2) is 45.5 Å². The Kier molecular flexibility index (Phi) is 4.62. The van der Waals surface area contributed by atoms with Crippen molar-refractivity contribution in [1.29, 1.82) is 0 Å². The Labute approximate surface area is 167 Å². The van der Waals surface area contributed by atoms with Gasteiger partial charge in [0.25, 0.3) is 0 Å². The van der Waals surface area contributed by atoms with Gasteiger partial charge in [-0.15, -0.1) is 0 Å². The van der Waals surface area contributed by atoms with E-state index in [0.717, 1.165) is 35.5 Å². The number of nitrogens with zero attached hydrogens (tertiary/aromatic N) is 3. The number of rotatable bonds is 3. The van der Waals surface area contributed by atoms with Crippen LogP contribution in [0.3, 0.4) is 0 Å². The molecule has 1 unspecified atom stereocenters. The van der Waals surface area contributed by atoms with E-state index in [9.17, 15) is 4.79 Å². The van der Waals surface area contributed by atoms with Gasteiger partial charge in [-0.05, 0) is 22.9 Å². The molecule has 4 heterocycles. The number of hydrogen-bond donors (Lipinski definition) is 1. The molecule has 1 atom stereocenters. The van der Waals surface area contributed by atoms with Crippen molar-refractivity contribution in [1.82, 2.24) is 20.0 Å². The third kappa shape index (κ3) is 3.43. The van der Waals surface area contributed by atoms with Gasteiger partial charge in [-0.2, -0.15) is 16.4 Å². The van der Waals surface area contributed by atoms with Crippen LogP contribution >= 0.6 is 11.3 Å². The van der Waals surface area contributed by atoms with E-state index in [1.807, 2.05) is 29.3 Å². The molecule has 3 aromatic rings. The fraction of sp³-hybridized carbons (Fsp3) is 0.333. The molecule has 2 aliphatic rings. The summed E-state index contributed by atoms with van der Waals surface area (Å²) in [5.41, 5.74) is 4.57. The van der Waals surface area contributed by atoms with E-state index in [-0.39, 0.29) is 12.0 Å². The number of para-hydroxylation sites is 1. The number of H-pyrrole nitrogens is 1. The van der Waals surface area contributed by atoms with Crippen LogP contribution in [0.4, 0.5) is 0 Å². The van der Waals surface area contributed by atoms with Crippen molar-refractivity contribution >= 4 is 17.2 Å². The lowest BCUT2D eigenvalue weighted by atomic mass is 10.1. The lowest BCUT2D eigenvalue weighted by Crippen LogP contribution is -2.43. The number of fused-ring (bicyclic) bond motifs is 2. The summed E-state index contributed by atoms with van der Waals surface area (Å²) in [7, 11) is 0. The smallest absolute Gasteiger partial charge is 0.237 e. The van der Waals surface area contributed by atoms with E-state index in [1.54, 1.807) is 11.3 Å². The lowest BCUT2D eigenvalue weighted by molar-refractivity contribution is -0.133. The van der Waals surface area contributed by atoms with E-state index in [4.69, 9.17) is 4.74 Å². The van der Waals surface area contributed by atoms with Crippen LogP contribution in [0.2, 0.25) is 0 Å². The highest BCUT2D eigenvalue weighted by molar-refractivity contribution is 7.07. The number of carbonyl (C=O) groups excluding carboxylic acids is 1. The van der Waals surface area contributed by atoms with Crippen LogP contribution in [0.15, 0.2) is 47.3 Å². The van der Waals surface area contributed by atoms with Crippen LogP contribution in [0.25, 0.3) is 0 Å². The Morgan fingerprint density at radius 3 is 3.07 bits per heavy atom. The molecule has 1 amide bonds. The third-order valence-corrected chi connectivity index (χ3v) is 6.19. The number of carbonyl (C=O) groups is 1. The Hall–Kier alpha value is -2.64. The molecule has 28 heavy (non-hydrogen) atoms. The Morgan fingerprint density at radius 1 is 1.25 bits per heavy atom. The van der Waals surface area contributed by atoms with Gasteiger partial charge in [-0.25, -0.2) is 0 Å². The van der Waals surface area contributed by atoms with E-state index in [0.29, 0.717) is 26.2 Å². The molecule has 2 aromatic heterocycles. The maximum Gasteiger partial charge on any atom is 0.237 e. The summed E-state index contributed by atoms with van der Waals surface area (Å²) in [4.78, 5) is 17.2. The molecule has 2 aliphatic heterocycles. The summed E-state index contributed by atoms with van der Waals surface area (Å²) < 4.78 is 6.32. The second-order valence-electron chi connectivity index (χ2n) is 7.38. The standard InChI is InChI=1S/C21H22N4O2S/c26-21(25-7-5-18-17(11-25)9-22-23-18)13-24-10-15-3-1-2-4-19(15)27-20(12-24)16-6-8-28-14-16/h1-4,6,8-9,14,20H,5,7,10-13H2,(H,22,23). The predicted molar refractivity (Wildman–Crippen MR) is 107 cm³/mol. The Bertz CT molecular complexity index is 968. The summed E-state index contributed by atoms with van der Waals surface area (Å²) in [6.07, 6.45) is 2.60. The van der Waals surface area contributed by atoms with Gasteiger partial charge in [0.1, 0.15) is 11.9 Å². The van der Waals surface area contributed by atoms with E-state index < -0.39 is 0 Å². The van der Waals surface area contributed by atoms with Gasteiger partial charge in [0.15, 0.2) is 0 Å². The van der Waals surface area contributed by atoms with Gasteiger partial charge >= 0.3 is 0 Å². The van der Waals surface area contributed by atoms with Gasteiger partial charge in [0, 0.05) is 55.0 Å². The van der Waals surface area contributed by atoms with Crippen molar-refractivity contribution in [2.24, 2.45) is 0 Å². The van der Waals surface area contributed by atoms with E-state index in [2.05, 4.69) is 38.0 Å². The topological polar surface area (TPSA) is 61.5 Å². The van der Waals surface area contributed by atoms with E-state index in [1.165, 1.54) is 5.56 Å². The van der Waals surface area contributed by atoms with Crippen molar-refractivity contribution in [2.45, 2.75) is 25.6 Å². The first-order valence-corrected chi connectivity index (χ1v) is 10.5. The molecule has 7 heteroatoms. The maximum atomic E-state index is 13.0. The quantitative estimate of drug-likeness (QED) is 0.742. The molecule has 0 fully saturated rings. The van der Waals surface area contributed by atoms with Gasteiger partial charge in [-0.1, -0.05) is 18.2 Å². The number of amides is 1. The Morgan fingerprint density at radius 2 is 2.18 bits per heavy atom. The fourth-order valence-electron chi connectivity index (χ4n) is 3.96. The molecule has 0 aliphatic carbocycles. The van der Waals surface area contributed by atoms with Gasteiger partial charge < -0.3 is 9.64 Å². The fourth-order valence-corrected chi connectivity index (χ4v) is 4.66. The normalized spacial score (nSPS) is 19.4. The number of benzene rings is 1. The van der Waals surface area contributed by atoms with Crippen molar-refractivity contribution in [3.05, 3.63) is 69.7 Å². The minimum Gasteiger partial charge on any atom is -0.484 e. The molecule has 0 spiro atoms.